The summed E-state index contributed by atoms with van der Waals surface area (Å²) in [6.07, 6.45) is 0. The molecule has 0 saturated heterocycles. The van der Waals surface area contributed by atoms with Crippen LogP contribution in [0.25, 0.3) is 32.7 Å². The molecule has 1 aliphatic heterocycles. The van der Waals surface area contributed by atoms with E-state index in [2.05, 4.69) is 32.6 Å². The predicted octanol–water partition coefficient (Wildman–Crippen LogP) is 8.67. The third-order valence-corrected chi connectivity index (χ3v) is 9.02. The van der Waals surface area contributed by atoms with E-state index in [4.69, 9.17) is 4.74 Å². The molecule has 6 aromatic carbocycles. The molecular formula is C35H24F2O7S2. The van der Waals surface area contributed by atoms with Gasteiger partial charge in [-0.25, -0.2) is 0 Å². The summed E-state index contributed by atoms with van der Waals surface area (Å²) in [5.74, 6) is 0.608. The lowest BCUT2D eigenvalue weighted by Gasteiger charge is -2.40. The van der Waals surface area contributed by atoms with Crippen LogP contribution in [-0.2, 0) is 26.4 Å². The molecule has 7 nitrogen and oxygen atoms in total. The fourth-order valence-electron chi connectivity index (χ4n) is 6.77. The van der Waals surface area contributed by atoms with E-state index in [1.165, 1.54) is 24.3 Å². The Hall–Kier alpha value is -5.00. The second kappa shape index (κ2) is 10.5. The summed E-state index contributed by atoms with van der Waals surface area (Å²) in [5, 5.41) is 2.34. The van der Waals surface area contributed by atoms with Crippen LogP contribution in [0.15, 0.2) is 109 Å². The van der Waals surface area contributed by atoms with Crippen molar-refractivity contribution in [3.05, 3.63) is 131 Å². The average Bonchev–Trinajstić information content (AvgIpc) is 3.31. The van der Waals surface area contributed by atoms with Crippen LogP contribution < -0.4 is 13.1 Å². The van der Waals surface area contributed by atoms with E-state index >= 15 is 0 Å². The van der Waals surface area contributed by atoms with Gasteiger partial charge in [-0.05, 0) is 69.4 Å². The summed E-state index contributed by atoms with van der Waals surface area (Å²) in [7, 11) is -10.5. The lowest BCUT2D eigenvalue weighted by Crippen LogP contribution is -2.32. The Bertz CT molecular complexity index is 2270. The van der Waals surface area contributed by atoms with E-state index in [1.54, 1.807) is 12.1 Å². The Morgan fingerprint density at radius 2 is 0.957 bits per heavy atom. The van der Waals surface area contributed by atoms with Crippen molar-refractivity contribution in [1.82, 2.24) is 0 Å². The first-order valence-electron chi connectivity index (χ1n) is 14.3. The van der Waals surface area contributed by atoms with Crippen LogP contribution in [0.3, 0.4) is 0 Å². The third-order valence-electron chi connectivity index (χ3n) is 8.24. The minimum Gasteiger partial charge on any atom is -0.455 e. The monoisotopic (exact) mass is 658 g/mol. The van der Waals surface area contributed by atoms with Crippen molar-refractivity contribution in [1.29, 1.82) is 0 Å². The van der Waals surface area contributed by atoms with Crippen molar-refractivity contribution in [2.75, 3.05) is 0 Å². The third kappa shape index (κ3) is 4.57. The Morgan fingerprint density at radius 3 is 1.37 bits per heavy atom. The highest BCUT2D eigenvalue weighted by molar-refractivity contribution is 7.82. The van der Waals surface area contributed by atoms with Gasteiger partial charge in [0.15, 0.2) is 0 Å². The Kier molecular flexibility index (Phi) is 6.80. The van der Waals surface area contributed by atoms with Crippen LogP contribution >= 0.6 is 0 Å². The number of halogens is 2. The van der Waals surface area contributed by atoms with E-state index < -0.39 is 26.4 Å². The number of ether oxygens (including phenoxy) is 1. The zero-order valence-electron chi connectivity index (χ0n) is 24.3. The maximum atomic E-state index is 13.3. The van der Waals surface area contributed by atoms with E-state index in [1.807, 2.05) is 62.4 Å². The molecule has 11 heteroatoms. The van der Waals surface area contributed by atoms with Crippen LogP contribution in [-0.4, -0.2) is 16.8 Å². The number of hydrogen-bond acceptors (Lipinski definition) is 7. The summed E-state index contributed by atoms with van der Waals surface area (Å²) in [5.41, 5.74) is 4.99. The highest BCUT2D eigenvalue weighted by Crippen LogP contribution is 2.63. The summed E-state index contributed by atoms with van der Waals surface area (Å²) in [6, 6.07) is 32.4. The van der Waals surface area contributed by atoms with Crippen molar-refractivity contribution >= 4 is 42.6 Å². The van der Waals surface area contributed by atoms with Crippen molar-refractivity contribution in [2.45, 2.75) is 19.3 Å². The summed E-state index contributed by atoms with van der Waals surface area (Å²) in [4.78, 5) is 0. The molecule has 46 heavy (non-hydrogen) atoms. The summed E-state index contributed by atoms with van der Waals surface area (Å²) in [6.45, 7) is 4.00. The number of fused-ring (bicyclic) bond motifs is 13. The molecule has 6 aromatic rings. The molecule has 8 rings (SSSR count). The minimum absolute atomic E-state index is 0.191. The van der Waals surface area contributed by atoms with E-state index in [9.17, 15) is 24.6 Å². The van der Waals surface area contributed by atoms with Crippen LogP contribution in [0.1, 0.15) is 36.1 Å². The molecule has 0 aromatic heterocycles. The molecule has 1 spiro atoms. The van der Waals surface area contributed by atoms with Crippen LogP contribution in [0.4, 0.5) is 7.77 Å². The molecule has 0 N–H and O–H groups in total. The summed E-state index contributed by atoms with van der Waals surface area (Å²) < 4.78 is 87.0. The van der Waals surface area contributed by atoms with Gasteiger partial charge in [0.05, 0.1) is 5.41 Å². The number of hydrogen-bond donors (Lipinski definition) is 0. The molecule has 0 saturated carbocycles. The molecule has 0 radical (unpaired) electrons. The topological polar surface area (TPSA) is 96.0 Å². The minimum atomic E-state index is -5.23. The first kappa shape index (κ1) is 29.7. The van der Waals surface area contributed by atoms with Gasteiger partial charge in [-0.2, -0.15) is 16.8 Å². The lowest BCUT2D eigenvalue weighted by atomic mass is 9.65. The zero-order valence-corrected chi connectivity index (χ0v) is 26.0. The molecule has 0 bridgehead atoms. The van der Waals surface area contributed by atoms with Gasteiger partial charge >= 0.3 is 21.0 Å². The fourth-order valence-corrected chi connectivity index (χ4v) is 7.43. The van der Waals surface area contributed by atoms with E-state index in [0.717, 1.165) is 33.4 Å². The Labute approximate surface area is 264 Å². The van der Waals surface area contributed by atoms with Gasteiger partial charge in [0.1, 0.15) is 23.0 Å². The zero-order chi connectivity index (χ0) is 32.4. The van der Waals surface area contributed by atoms with Crippen molar-refractivity contribution in [3.8, 4) is 34.1 Å². The van der Waals surface area contributed by atoms with Gasteiger partial charge in [-0.1, -0.05) is 94.4 Å². The molecule has 232 valence electrons. The van der Waals surface area contributed by atoms with Crippen molar-refractivity contribution < 1.29 is 37.7 Å². The van der Waals surface area contributed by atoms with Gasteiger partial charge in [0.25, 0.3) is 0 Å². The molecule has 0 fully saturated rings. The predicted molar refractivity (Wildman–Crippen MR) is 171 cm³/mol. The largest absolute Gasteiger partial charge is 0.488 e. The van der Waals surface area contributed by atoms with Gasteiger partial charge in [0.2, 0.25) is 0 Å². The number of rotatable bonds is 4. The van der Waals surface area contributed by atoms with Gasteiger partial charge in [0, 0.05) is 21.9 Å². The second-order valence-electron chi connectivity index (χ2n) is 10.5. The first-order chi connectivity index (χ1) is 22.0. The van der Waals surface area contributed by atoms with Crippen LogP contribution in [0, 0.1) is 0 Å². The van der Waals surface area contributed by atoms with Gasteiger partial charge in [-0.15, -0.1) is 0 Å². The maximum Gasteiger partial charge on any atom is 0.488 e. The van der Waals surface area contributed by atoms with Gasteiger partial charge in [-0.3, -0.25) is 0 Å². The Balaban J connectivity index is 0.00000166. The van der Waals surface area contributed by atoms with Gasteiger partial charge < -0.3 is 13.1 Å². The number of benzene rings is 6. The summed E-state index contributed by atoms with van der Waals surface area (Å²) >= 11 is 0. The van der Waals surface area contributed by atoms with E-state index in [0.29, 0.717) is 33.0 Å². The molecule has 2 aliphatic rings. The molecule has 0 amide bonds. The fraction of sp³-hybridized carbons (Fsp3) is 0.0857. The maximum absolute atomic E-state index is 13.3. The molecular weight excluding hydrogens is 635 g/mol. The van der Waals surface area contributed by atoms with Crippen LogP contribution in [0.2, 0.25) is 0 Å². The molecule has 1 aliphatic carbocycles. The van der Waals surface area contributed by atoms with Crippen molar-refractivity contribution in [3.63, 3.8) is 0 Å². The van der Waals surface area contributed by atoms with Crippen LogP contribution in [0.5, 0.6) is 23.0 Å². The first-order valence-corrected chi connectivity index (χ1v) is 16.9. The quantitative estimate of drug-likeness (QED) is 0.175. The lowest BCUT2D eigenvalue weighted by molar-refractivity contribution is 0.438. The highest BCUT2D eigenvalue weighted by Gasteiger charge is 2.51. The highest BCUT2D eigenvalue weighted by atomic mass is 32.3. The standard InChI is InChI=1S/C33H18F2O7S2.C2H6/c34-43(36,37)41-21-11-13-23-19(17-21)9-15-29-31(23)40-32-24-14-12-22(42-44(35,38)39)18-20(24)10-16-30(32)33(29)27-7-3-1-5-25(27)26-6-2-4-8-28(26)33;1-2/h1-18H;1-2H3. The SMILES string of the molecule is CC.O=S(=O)(F)Oc1ccc2c3c(ccc2c1)C1(c2ccccc2-c2ccccc21)c1ccc2cc(OS(=O)(=O)F)ccc2c1O3. The normalized spacial score (nSPS) is 13.9. The Morgan fingerprint density at radius 1 is 0.543 bits per heavy atom. The molecule has 0 unspecified atom stereocenters. The second-order valence-corrected chi connectivity index (χ2v) is 12.5. The molecule has 1 heterocycles. The smallest absolute Gasteiger partial charge is 0.455 e. The van der Waals surface area contributed by atoms with E-state index in [-0.39, 0.29) is 11.5 Å². The van der Waals surface area contributed by atoms with Crippen molar-refractivity contribution in [2.24, 2.45) is 0 Å². The molecule has 0 atom stereocenters. The average molecular weight is 659 g/mol.